The summed E-state index contributed by atoms with van der Waals surface area (Å²) in [5.41, 5.74) is 1.69. The number of carbonyl (C=O) groups is 1. The topological polar surface area (TPSA) is 56.1 Å². The van der Waals surface area contributed by atoms with Crippen LogP contribution in [0, 0.1) is 16.7 Å². The second-order valence-electron chi connectivity index (χ2n) is 8.60. The Morgan fingerprint density at radius 1 is 0.923 bits per heavy atom. The van der Waals surface area contributed by atoms with Crippen LogP contribution in [0.25, 0.3) is 0 Å². The third-order valence-corrected chi connectivity index (χ3v) is 7.04. The second-order valence-corrected chi connectivity index (χ2v) is 8.60. The van der Waals surface area contributed by atoms with E-state index in [0.717, 1.165) is 44.5 Å². The molecule has 4 nitrogen and oxygen atoms in total. The lowest BCUT2D eigenvalue weighted by molar-refractivity contribution is -0.138. The molecule has 1 saturated heterocycles. The fraction of sp³-hybridized carbons (Fsp3) is 0.636. The van der Waals surface area contributed by atoms with Gasteiger partial charge in [0.05, 0.1) is 11.6 Å². The zero-order valence-electron chi connectivity index (χ0n) is 15.6. The smallest absolute Gasteiger partial charge is 0.248 e. The summed E-state index contributed by atoms with van der Waals surface area (Å²) >= 11 is 0. The first-order valence-corrected chi connectivity index (χ1v) is 10.2. The molecule has 1 aromatic carbocycles. The first-order valence-electron chi connectivity index (χ1n) is 10.2. The molecule has 138 valence electrons. The van der Waals surface area contributed by atoms with E-state index in [0.29, 0.717) is 16.9 Å². The number of rotatable bonds is 3. The maximum absolute atomic E-state index is 13.5. The molecule has 3 fully saturated rings. The maximum atomic E-state index is 13.5. The fourth-order valence-electron chi connectivity index (χ4n) is 5.39. The highest BCUT2D eigenvalue weighted by molar-refractivity contribution is 5.90. The van der Waals surface area contributed by atoms with Crippen molar-refractivity contribution in [3.05, 3.63) is 29.8 Å². The lowest BCUT2D eigenvalue weighted by Gasteiger charge is -2.43. The molecule has 0 unspecified atom stereocenters. The molecule has 2 saturated carbocycles. The van der Waals surface area contributed by atoms with Gasteiger partial charge in [-0.15, -0.1) is 0 Å². The zero-order chi connectivity index (χ0) is 18.0. The quantitative estimate of drug-likeness (QED) is 0.874. The van der Waals surface area contributed by atoms with E-state index in [1.807, 2.05) is 24.3 Å². The Kier molecular flexibility index (Phi) is 4.65. The van der Waals surface area contributed by atoms with Crippen molar-refractivity contribution in [3.8, 4) is 6.07 Å². The van der Waals surface area contributed by atoms with Gasteiger partial charge in [0, 0.05) is 18.8 Å². The average molecular weight is 351 g/mol. The van der Waals surface area contributed by atoms with E-state index >= 15 is 0 Å². The van der Waals surface area contributed by atoms with Gasteiger partial charge >= 0.3 is 0 Å². The van der Waals surface area contributed by atoms with Gasteiger partial charge in [-0.2, -0.15) is 5.26 Å². The highest BCUT2D eigenvalue weighted by Crippen LogP contribution is 2.47. The predicted molar refractivity (Wildman–Crippen MR) is 103 cm³/mol. The van der Waals surface area contributed by atoms with Crippen LogP contribution in [0.15, 0.2) is 24.3 Å². The standard InChI is InChI=1S/C22H29N3O/c23-17-18-5-7-19(8-6-18)24-22(11-3-4-12-22)20(26)25-15-13-21(14-16-25)9-1-2-10-21/h5-8,24H,1-4,9-16H2. The fourth-order valence-corrected chi connectivity index (χ4v) is 5.39. The van der Waals surface area contributed by atoms with Crippen LogP contribution in [0.1, 0.15) is 69.8 Å². The van der Waals surface area contributed by atoms with Gasteiger partial charge in [-0.25, -0.2) is 0 Å². The van der Waals surface area contributed by atoms with E-state index in [1.54, 1.807) is 0 Å². The Morgan fingerprint density at radius 2 is 1.50 bits per heavy atom. The second kappa shape index (κ2) is 6.95. The van der Waals surface area contributed by atoms with Gasteiger partial charge in [0.25, 0.3) is 0 Å². The zero-order valence-corrected chi connectivity index (χ0v) is 15.6. The van der Waals surface area contributed by atoms with Gasteiger partial charge in [0.1, 0.15) is 5.54 Å². The highest BCUT2D eigenvalue weighted by atomic mass is 16.2. The summed E-state index contributed by atoms with van der Waals surface area (Å²) in [6, 6.07) is 9.64. The summed E-state index contributed by atoms with van der Waals surface area (Å²) in [6.45, 7) is 1.85. The number of nitriles is 1. The van der Waals surface area contributed by atoms with Crippen LogP contribution in [0.2, 0.25) is 0 Å². The summed E-state index contributed by atoms with van der Waals surface area (Å²) in [6.07, 6.45) is 11.9. The molecule has 3 aliphatic rings. The molecule has 4 heteroatoms. The van der Waals surface area contributed by atoms with Gasteiger partial charge < -0.3 is 10.2 Å². The Hall–Kier alpha value is -2.02. The highest BCUT2D eigenvalue weighted by Gasteiger charge is 2.46. The predicted octanol–water partition coefficient (Wildman–Crippen LogP) is 4.47. The normalized spacial score (nSPS) is 23.7. The number of piperidine rings is 1. The van der Waals surface area contributed by atoms with E-state index < -0.39 is 5.54 Å². The van der Waals surface area contributed by atoms with Crippen molar-refractivity contribution in [2.75, 3.05) is 18.4 Å². The summed E-state index contributed by atoms with van der Waals surface area (Å²) in [7, 11) is 0. The van der Waals surface area contributed by atoms with Gasteiger partial charge in [-0.1, -0.05) is 25.7 Å². The van der Waals surface area contributed by atoms with E-state index in [4.69, 9.17) is 5.26 Å². The minimum atomic E-state index is -0.450. The Labute approximate surface area is 156 Å². The monoisotopic (exact) mass is 351 g/mol. The van der Waals surface area contributed by atoms with Crippen molar-refractivity contribution in [3.63, 3.8) is 0 Å². The van der Waals surface area contributed by atoms with Crippen molar-refractivity contribution in [1.82, 2.24) is 4.90 Å². The number of hydrogen-bond donors (Lipinski definition) is 1. The van der Waals surface area contributed by atoms with Crippen LogP contribution < -0.4 is 5.32 Å². The van der Waals surface area contributed by atoms with E-state index in [-0.39, 0.29) is 0 Å². The lowest BCUT2D eigenvalue weighted by atomic mass is 9.76. The molecular weight excluding hydrogens is 322 g/mol. The Balaban J connectivity index is 1.47. The number of carbonyl (C=O) groups excluding carboxylic acids is 1. The van der Waals surface area contributed by atoms with Gasteiger partial charge in [0.2, 0.25) is 5.91 Å². The molecule has 4 rings (SSSR count). The summed E-state index contributed by atoms with van der Waals surface area (Å²) in [5.74, 6) is 0.298. The molecule has 1 amide bonds. The van der Waals surface area contributed by atoms with Crippen molar-refractivity contribution in [2.45, 2.75) is 69.7 Å². The molecule has 26 heavy (non-hydrogen) atoms. The largest absolute Gasteiger partial charge is 0.371 e. The first-order chi connectivity index (χ1) is 12.6. The third kappa shape index (κ3) is 3.20. The van der Waals surface area contributed by atoms with Crippen LogP contribution in [-0.2, 0) is 4.79 Å². The molecule has 0 radical (unpaired) electrons. The maximum Gasteiger partial charge on any atom is 0.248 e. The van der Waals surface area contributed by atoms with E-state index in [9.17, 15) is 4.79 Å². The van der Waals surface area contributed by atoms with Crippen LogP contribution in [0.3, 0.4) is 0 Å². The van der Waals surface area contributed by atoms with Gasteiger partial charge in [-0.05, 0) is 68.2 Å². The molecule has 0 atom stereocenters. The van der Waals surface area contributed by atoms with Crippen LogP contribution >= 0.6 is 0 Å². The summed E-state index contributed by atoms with van der Waals surface area (Å²) in [5, 5.41) is 12.5. The number of nitrogens with one attached hydrogen (secondary N) is 1. The Bertz CT molecular complexity index is 681. The Morgan fingerprint density at radius 3 is 2.08 bits per heavy atom. The number of likely N-dealkylation sites (tertiary alicyclic amines) is 1. The van der Waals surface area contributed by atoms with E-state index in [2.05, 4.69) is 16.3 Å². The molecule has 0 aromatic heterocycles. The molecule has 1 heterocycles. The van der Waals surface area contributed by atoms with Crippen LogP contribution in [0.5, 0.6) is 0 Å². The number of nitrogens with zero attached hydrogens (tertiary/aromatic N) is 2. The van der Waals surface area contributed by atoms with Gasteiger partial charge in [0.15, 0.2) is 0 Å². The molecule has 1 aliphatic heterocycles. The molecule has 0 bridgehead atoms. The number of hydrogen-bond acceptors (Lipinski definition) is 3. The third-order valence-electron chi connectivity index (χ3n) is 7.04. The minimum Gasteiger partial charge on any atom is -0.371 e. The van der Waals surface area contributed by atoms with Crippen molar-refractivity contribution in [1.29, 1.82) is 5.26 Å². The minimum absolute atomic E-state index is 0.298. The SMILES string of the molecule is N#Cc1ccc(NC2(C(=O)N3CCC4(CCCC4)CC3)CCCC2)cc1. The van der Waals surface area contributed by atoms with Crippen molar-refractivity contribution >= 4 is 11.6 Å². The van der Waals surface area contributed by atoms with Crippen molar-refractivity contribution < 1.29 is 4.79 Å². The van der Waals surface area contributed by atoms with Crippen molar-refractivity contribution in [2.24, 2.45) is 5.41 Å². The van der Waals surface area contributed by atoms with Gasteiger partial charge in [-0.3, -0.25) is 4.79 Å². The molecular formula is C22H29N3O. The lowest BCUT2D eigenvalue weighted by Crippen LogP contribution is -2.55. The summed E-state index contributed by atoms with van der Waals surface area (Å²) in [4.78, 5) is 15.6. The van der Waals surface area contributed by atoms with Crippen LogP contribution in [-0.4, -0.2) is 29.4 Å². The average Bonchev–Trinajstić information content (AvgIpc) is 3.33. The van der Waals surface area contributed by atoms with E-state index in [1.165, 1.54) is 38.5 Å². The number of amides is 1. The number of anilines is 1. The molecule has 1 spiro atoms. The molecule has 2 aliphatic carbocycles. The molecule has 1 aromatic rings. The number of benzene rings is 1. The molecule has 1 N–H and O–H groups in total. The summed E-state index contributed by atoms with van der Waals surface area (Å²) < 4.78 is 0. The van der Waals surface area contributed by atoms with Crippen LogP contribution in [0.4, 0.5) is 5.69 Å². The first kappa shape index (κ1) is 17.4.